The summed E-state index contributed by atoms with van der Waals surface area (Å²) in [6, 6.07) is 14.6. The minimum atomic E-state index is -3.40. The fourth-order valence-electron chi connectivity index (χ4n) is 4.25. The van der Waals surface area contributed by atoms with Crippen LogP contribution in [0.3, 0.4) is 0 Å². The van der Waals surface area contributed by atoms with E-state index in [0.29, 0.717) is 29.0 Å². The average Bonchev–Trinajstić information content (AvgIpc) is 3.35. The van der Waals surface area contributed by atoms with Crippen LogP contribution in [0.15, 0.2) is 59.6 Å². The summed E-state index contributed by atoms with van der Waals surface area (Å²) in [6.07, 6.45) is 4.29. The lowest BCUT2D eigenvalue weighted by Gasteiger charge is -2.18. The normalized spacial score (nSPS) is 13.1. The zero-order valence-electron chi connectivity index (χ0n) is 23.4. The van der Waals surface area contributed by atoms with Gasteiger partial charge in [-0.15, -0.1) is 24.8 Å². The molecule has 2 heterocycles. The van der Waals surface area contributed by atoms with Crippen LogP contribution < -0.4 is 15.4 Å². The molecule has 0 saturated carbocycles. The van der Waals surface area contributed by atoms with Crippen molar-refractivity contribution in [1.82, 2.24) is 14.9 Å². The Morgan fingerprint density at radius 3 is 2.27 bits per heavy atom. The Balaban J connectivity index is 0.00000400. The SMILES string of the molecule is C.Cc1cnc(Nc2ccc(OCCN3CCCC3)cc2)nc1Nc1cccc(S(=O)(=O)CC(C)(C)C)c1.Cl.Cl.O. The summed E-state index contributed by atoms with van der Waals surface area (Å²) in [4.78, 5) is 11.7. The maximum Gasteiger partial charge on any atom is 0.229 e. The van der Waals surface area contributed by atoms with Crippen molar-refractivity contribution in [2.45, 2.75) is 52.9 Å². The van der Waals surface area contributed by atoms with Crippen LogP contribution in [0.5, 0.6) is 5.75 Å². The number of benzene rings is 2. The highest BCUT2D eigenvalue weighted by molar-refractivity contribution is 7.91. The molecule has 3 aromatic rings. The molecular weight excluding hydrogens is 585 g/mol. The van der Waals surface area contributed by atoms with Crippen LogP contribution in [-0.2, 0) is 9.84 Å². The average molecular weight is 631 g/mol. The number of sulfone groups is 1. The van der Waals surface area contributed by atoms with Gasteiger partial charge in [0.15, 0.2) is 9.84 Å². The standard InChI is InChI=1S/C28H37N5O3S.CH4.2ClH.H2O/c1-21-19-29-27(31-22-10-12-24(13-11-22)36-17-16-33-14-5-6-15-33)32-26(21)30-23-8-7-9-25(18-23)37(34,35)20-28(2,3)4;;;;/h7-13,18-19H,5-6,14-17,20H2,1-4H3,(H2,29,30,31,32);1H4;2*1H;1H2. The molecule has 41 heavy (non-hydrogen) atoms. The Morgan fingerprint density at radius 1 is 0.976 bits per heavy atom. The third-order valence-electron chi connectivity index (χ3n) is 6.04. The molecule has 0 atom stereocenters. The highest BCUT2D eigenvalue weighted by Gasteiger charge is 2.23. The van der Waals surface area contributed by atoms with Gasteiger partial charge in [0.25, 0.3) is 0 Å². The van der Waals surface area contributed by atoms with Crippen LogP contribution in [-0.4, -0.2) is 60.8 Å². The number of nitrogens with zero attached hydrogens (tertiary/aromatic N) is 3. The van der Waals surface area contributed by atoms with Gasteiger partial charge in [-0.2, -0.15) is 4.98 Å². The second kappa shape index (κ2) is 16.7. The van der Waals surface area contributed by atoms with Crippen molar-refractivity contribution in [2.24, 2.45) is 5.41 Å². The topological polar surface area (TPSA) is 128 Å². The van der Waals surface area contributed by atoms with Crippen molar-refractivity contribution >= 4 is 57.8 Å². The molecule has 0 amide bonds. The maximum atomic E-state index is 12.8. The van der Waals surface area contributed by atoms with Gasteiger partial charge in [-0.05, 0) is 80.7 Å². The summed E-state index contributed by atoms with van der Waals surface area (Å²) in [5, 5.41) is 6.47. The van der Waals surface area contributed by atoms with Gasteiger partial charge in [-0.25, -0.2) is 13.4 Å². The molecule has 1 fully saturated rings. The lowest BCUT2D eigenvalue weighted by molar-refractivity contribution is 0.238. The molecule has 0 spiro atoms. The monoisotopic (exact) mass is 629 g/mol. The minimum absolute atomic E-state index is 0. The van der Waals surface area contributed by atoms with Gasteiger partial charge >= 0.3 is 0 Å². The van der Waals surface area contributed by atoms with E-state index in [0.717, 1.165) is 23.5 Å². The molecule has 4 N–H and O–H groups in total. The van der Waals surface area contributed by atoms with Gasteiger partial charge in [0.2, 0.25) is 5.95 Å². The fraction of sp³-hybridized carbons (Fsp3) is 0.448. The first kappa shape index (κ1) is 38.4. The smallest absolute Gasteiger partial charge is 0.229 e. The fourth-order valence-corrected chi connectivity index (χ4v) is 6.15. The molecule has 1 aromatic heterocycles. The van der Waals surface area contributed by atoms with Crippen molar-refractivity contribution in [1.29, 1.82) is 0 Å². The summed E-state index contributed by atoms with van der Waals surface area (Å²) in [6.45, 7) is 11.6. The Bertz CT molecular complexity index is 1310. The number of likely N-dealkylation sites (tertiary alicyclic amines) is 1. The van der Waals surface area contributed by atoms with E-state index in [9.17, 15) is 8.42 Å². The Hall–Kier alpha value is -2.63. The number of aryl methyl sites for hydroxylation is 1. The van der Waals surface area contributed by atoms with E-state index >= 15 is 0 Å². The molecule has 12 heteroatoms. The quantitative estimate of drug-likeness (QED) is 0.270. The van der Waals surface area contributed by atoms with E-state index in [1.165, 1.54) is 25.9 Å². The largest absolute Gasteiger partial charge is 0.492 e. The molecule has 0 unspecified atom stereocenters. The number of halogens is 2. The van der Waals surface area contributed by atoms with Gasteiger partial charge in [0, 0.05) is 29.7 Å². The van der Waals surface area contributed by atoms with Crippen LogP contribution in [0.4, 0.5) is 23.1 Å². The van der Waals surface area contributed by atoms with Crippen molar-refractivity contribution in [3.8, 4) is 5.75 Å². The zero-order chi connectivity index (χ0) is 26.5. The second-order valence-corrected chi connectivity index (χ2v) is 12.7. The number of nitrogens with one attached hydrogen (secondary N) is 2. The number of aromatic nitrogens is 2. The number of hydrogen-bond acceptors (Lipinski definition) is 8. The predicted octanol–water partition coefficient (Wildman–Crippen LogP) is 6.22. The van der Waals surface area contributed by atoms with E-state index in [2.05, 4.69) is 25.5 Å². The van der Waals surface area contributed by atoms with Gasteiger partial charge in [-0.3, -0.25) is 4.90 Å². The molecule has 1 aliphatic heterocycles. The number of anilines is 4. The molecule has 0 aliphatic carbocycles. The van der Waals surface area contributed by atoms with Crippen LogP contribution in [0.25, 0.3) is 0 Å². The zero-order valence-corrected chi connectivity index (χ0v) is 25.9. The number of rotatable bonds is 10. The molecule has 4 rings (SSSR count). The van der Waals surface area contributed by atoms with Gasteiger partial charge in [0.1, 0.15) is 18.2 Å². The Labute approximate surface area is 257 Å². The molecule has 0 radical (unpaired) electrons. The lowest BCUT2D eigenvalue weighted by atomic mass is 10.0. The molecule has 230 valence electrons. The van der Waals surface area contributed by atoms with Gasteiger partial charge in [0.05, 0.1) is 10.6 Å². The highest BCUT2D eigenvalue weighted by Crippen LogP contribution is 2.26. The van der Waals surface area contributed by atoms with Crippen molar-refractivity contribution in [3.05, 3.63) is 60.3 Å². The van der Waals surface area contributed by atoms with E-state index in [1.54, 1.807) is 24.4 Å². The van der Waals surface area contributed by atoms with Crippen molar-refractivity contribution < 1.29 is 18.6 Å². The van der Waals surface area contributed by atoms with Crippen LogP contribution in [0.2, 0.25) is 0 Å². The van der Waals surface area contributed by atoms with Crippen LogP contribution in [0, 0.1) is 12.3 Å². The Morgan fingerprint density at radius 2 is 1.63 bits per heavy atom. The summed E-state index contributed by atoms with van der Waals surface area (Å²) >= 11 is 0. The predicted molar refractivity (Wildman–Crippen MR) is 174 cm³/mol. The summed E-state index contributed by atoms with van der Waals surface area (Å²) in [7, 11) is -3.40. The first-order chi connectivity index (χ1) is 17.6. The van der Waals surface area contributed by atoms with Crippen molar-refractivity contribution in [2.75, 3.05) is 42.6 Å². The maximum absolute atomic E-state index is 12.8. The summed E-state index contributed by atoms with van der Waals surface area (Å²) in [5.74, 6) is 1.95. The third-order valence-corrected chi connectivity index (χ3v) is 8.25. The van der Waals surface area contributed by atoms with Gasteiger partial charge in [-0.1, -0.05) is 34.3 Å². The van der Waals surface area contributed by atoms with E-state index in [4.69, 9.17) is 4.74 Å². The highest BCUT2D eigenvalue weighted by atomic mass is 35.5. The molecule has 2 aromatic carbocycles. The van der Waals surface area contributed by atoms with E-state index in [-0.39, 0.29) is 48.9 Å². The summed E-state index contributed by atoms with van der Waals surface area (Å²) in [5.41, 5.74) is 2.01. The Kier molecular flexibility index (Phi) is 15.6. The molecule has 1 aliphatic rings. The van der Waals surface area contributed by atoms with Crippen LogP contribution in [0.1, 0.15) is 46.6 Å². The van der Waals surface area contributed by atoms with Crippen LogP contribution >= 0.6 is 24.8 Å². The summed E-state index contributed by atoms with van der Waals surface area (Å²) < 4.78 is 31.6. The third kappa shape index (κ3) is 11.6. The second-order valence-electron chi connectivity index (χ2n) is 10.7. The number of ether oxygens (including phenoxy) is 1. The molecule has 1 saturated heterocycles. The minimum Gasteiger partial charge on any atom is -0.492 e. The molecular formula is C29H45Cl2N5O4S. The first-order valence-corrected chi connectivity index (χ1v) is 14.4. The van der Waals surface area contributed by atoms with E-state index in [1.807, 2.05) is 58.0 Å². The number of hydrogen-bond donors (Lipinski definition) is 2. The first-order valence-electron chi connectivity index (χ1n) is 12.7. The van der Waals surface area contributed by atoms with Gasteiger partial charge < -0.3 is 20.8 Å². The van der Waals surface area contributed by atoms with E-state index < -0.39 is 9.84 Å². The lowest BCUT2D eigenvalue weighted by Crippen LogP contribution is -2.25. The molecule has 0 bridgehead atoms. The molecule has 9 nitrogen and oxygen atoms in total. The van der Waals surface area contributed by atoms with Crippen molar-refractivity contribution in [3.63, 3.8) is 0 Å².